The summed E-state index contributed by atoms with van der Waals surface area (Å²) in [6.07, 6.45) is 20.9. The average molecular weight is 250 g/mol. The fourth-order valence-corrected chi connectivity index (χ4v) is 1.76. The van der Waals surface area contributed by atoms with Crippen LogP contribution in [0, 0.1) is 0 Å². The number of hydrogen-bond donors (Lipinski definition) is 0. The van der Waals surface area contributed by atoms with Gasteiger partial charge in [-0.15, -0.1) is 0 Å². The van der Waals surface area contributed by atoms with Gasteiger partial charge in [-0.3, -0.25) is 0 Å². The fourth-order valence-electron chi connectivity index (χ4n) is 1.76. The van der Waals surface area contributed by atoms with Crippen molar-refractivity contribution in [2.75, 3.05) is 0 Å². The Labute approximate surface area is 111 Å². The smallest absolute Gasteiger partial charge is 0.123 e. The van der Waals surface area contributed by atoms with Crippen LogP contribution in [0.3, 0.4) is 0 Å². The first kappa shape index (κ1) is 16.8. The van der Waals surface area contributed by atoms with Crippen LogP contribution < -0.4 is 0 Å². The largest absolute Gasteiger partial charge is 0.303 e. The number of carbonyl (C=O) groups excluding carboxylic acids is 2. The number of rotatable bonds is 13. The van der Waals surface area contributed by atoms with Crippen LogP contribution >= 0.6 is 0 Å². The zero-order valence-corrected chi connectivity index (χ0v) is 11.4. The quantitative estimate of drug-likeness (QED) is 0.276. The Morgan fingerprint density at radius 3 is 1.72 bits per heavy atom. The molecule has 0 atom stereocenters. The van der Waals surface area contributed by atoms with Gasteiger partial charge in [-0.05, 0) is 19.3 Å². The highest BCUT2D eigenvalue weighted by Gasteiger charge is 1.90. The molecule has 0 saturated carbocycles. The zero-order chi connectivity index (χ0) is 13.3. The molecule has 0 saturated heterocycles. The summed E-state index contributed by atoms with van der Waals surface area (Å²) in [5, 5.41) is 0. The van der Waals surface area contributed by atoms with Gasteiger partial charge < -0.3 is 9.59 Å². The maximum atomic E-state index is 10.1. The average Bonchev–Trinajstić information content (AvgIpc) is 2.39. The Balaban J connectivity index is 3.11. The summed E-state index contributed by atoms with van der Waals surface area (Å²) in [4.78, 5) is 20.1. The second kappa shape index (κ2) is 15.8. The molecule has 0 aliphatic heterocycles. The summed E-state index contributed by atoms with van der Waals surface area (Å²) in [7, 11) is 0. The van der Waals surface area contributed by atoms with E-state index in [0.29, 0.717) is 6.42 Å². The minimum absolute atomic E-state index is 0.508. The molecule has 0 aromatic carbocycles. The van der Waals surface area contributed by atoms with E-state index in [0.717, 1.165) is 31.8 Å². The molecular weight excluding hydrogens is 224 g/mol. The molecule has 0 amide bonds. The topological polar surface area (TPSA) is 34.1 Å². The van der Waals surface area contributed by atoms with E-state index in [1.54, 1.807) is 0 Å². The molecule has 0 bridgehead atoms. The lowest BCUT2D eigenvalue weighted by Gasteiger charge is -1.99. The van der Waals surface area contributed by atoms with Crippen molar-refractivity contribution in [2.24, 2.45) is 0 Å². The van der Waals surface area contributed by atoms with Crippen LogP contribution in [-0.2, 0) is 9.59 Å². The minimum atomic E-state index is 0.508. The van der Waals surface area contributed by atoms with Crippen molar-refractivity contribution in [3.63, 3.8) is 0 Å². The molecule has 0 rings (SSSR count). The van der Waals surface area contributed by atoms with Gasteiger partial charge in [0.1, 0.15) is 12.6 Å². The van der Waals surface area contributed by atoms with E-state index in [1.165, 1.54) is 38.5 Å². The van der Waals surface area contributed by atoms with Crippen molar-refractivity contribution < 1.29 is 9.59 Å². The molecule has 0 aromatic rings. The lowest BCUT2D eigenvalue weighted by molar-refractivity contribution is -0.108. The van der Waals surface area contributed by atoms with Crippen molar-refractivity contribution >= 4 is 12.6 Å². The van der Waals surface area contributed by atoms with E-state index < -0.39 is 0 Å². The van der Waals surface area contributed by atoms with E-state index in [9.17, 15) is 9.59 Å². The molecular formula is C16H26O2. The lowest BCUT2D eigenvalue weighted by Crippen LogP contribution is -1.81. The molecule has 0 aliphatic carbocycles. The van der Waals surface area contributed by atoms with E-state index in [2.05, 4.69) is 6.08 Å². The van der Waals surface area contributed by atoms with Crippen LogP contribution in [0.2, 0.25) is 0 Å². The van der Waals surface area contributed by atoms with E-state index in [4.69, 9.17) is 0 Å². The van der Waals surface area contributed by atoms with Gasteiger partial charge in [0.05, 0.1) is 0 Å². The number of unbranched alkanes of at least 4 members (excludes halogenated alkanes) is 8. The predicted molar refractivity (Wildman–Crippen MR) is 76.6 cm³/mol. The van der Waals surface area contributed by atoms with E-state index in [1.807, 2.05) is 18.2 Å². The monoisotopic (exact) mass is 250 g/mol. The Bertz CT molecular complexity index is 241. The molecule has 2 nitrogen and oxygen atoms in total. The van der Waals surface area contributed by atoms with E-state index in [-0.39, 0.29) is 0 Å². The molecule has 0 aliphatic rings. The summed E-state index contributed by atoms with van der Waals surface area (Å²) in [5.41, 5.74) is 0. The molecule has 0 heterocycles. The van der Waals surface area contributed by atoms with Crippen LogP contribution in [-0.4, -0.2) is 12.6 Å². The molecule has 0 fully saturated rings. The number of allylic oxidation sites excluding steroid dienone is 4. The number of aldehydes is 2. The molecule has 18 heavy (non-hydrogen) atoms. The first-order chi connectivity index (χ1) is 8.91. The minimum Gasteiger partial charge on any atom is -0.303 e. The second-order valence-corrected chi connectivity index (χ2v) is 4.48. The normalized spacial score (nSPS) is 11.3. The standard InChI is InChI=1S/C16H26O2/c17-15-13-11-9-7-5-3-1-2-4-6-8-10-12-14-16-18/h5,7,9,11,15-16H,1-4,6,8,10,12-14H2. The van der Waals surface area contributed by atoms with Gasteiger partial charge in [0.25, 0.3) is 0 Å². The maximum Gasteiger partial charge on any atom is 0.123 e. The van der Waals surface area contributed by atoms with Gasteiger partial charge in [-0.25, -0.2) is 0 Å². The Hall–Kier alpha value is -1.18. The number of carbonyl (C=O) groups is 2. The van der Waals surface area contributed by atoms with Crippen molar-refractivity contribution in [1.29, 1.82) is 0 Å². The summed E-state index contributed by atoms with van der Waals surface area (Å²) in [6.45, 7) is 0. The van der Waals surface area contributed by atoms with Gasteiger partial charge in [-0.2, -0.15) is 0 Å². The van der Waals surface area contributed by atoms with E-state index >= 15 is 0 Å². The second-order valence-electron chi connectivity index (χ2n) is 4.48. The maximum absolute atomic E-state index is 10.1. The summed E-state index contributed by atoms with van der Waals surface area (Å²) < 4.78 is 0. The van der Waals surface area contributed by atoms with Crippen LogP contribution in [0.4, 0.5) is 0 Å². The van der Waals surface area contributed by atoms with Gasteiger partial charge in [0.2, 0.25) is 0 Å². The van der Waals surface area contributed by atoms with Gasteiger partial charge >= 0.3 is 0 Å². The third-order valence-corrected chi connectivity index (χ3v) is 2.81. The first-order valence-electron chi connectivity index (χ1n) is 7.10. The summed E-state index contributed by atoms with van der Waals surface area (Å²) in [6, 6.07) is 0. The van der Waals surface area contributed by atoms with Crippen molar-refractivity contribution in [3.8, 4) is 0 Å². The Morgan fingerprint density at radius 2 is 1.11 bits per heavy atom. The Morgan fingerprint density at radius 1 is 0.556 bits per heavy atom. The van der Waals surface area contributed by atoms with Gasteiger partial charge in [0, 0.05) is 12.8 Å². The van der Waals surface area contributed by atoms with Crippen LogP contribution in [0.25, 0.3) is 0 Å². The third kappa shape index (κ3) is 14.8. The van der Waals surface area contributed by atoms with Crippen LogP contribution in [0.5, 0.6) is 0 Å². The zero-order valence-electron chi connectivity index (χ0n) is 11.4. The highest BCUT2D eigenvalue weighted by atomic mass is 16.1. The van der Waals surface area contributed by atoms with Crippen molar-refractivity contribution in [2.45, 2.75) is 64.2 Å². The molecule has 0 spiro atoms. The molecule has 0 N–H and O–H groups in total. The first-order valence-corrected chi connectivity index (χ1v) is 7.10. The summed E-state index contributed by atoms with van der Waals surface area (Å²) >= 11 is 0. The van der Waals surface area contributed by atoms with Gasteiger partial charge in [-0.1, -0.05) is 56.4 Å². The third-order valence-electron chi connectivity index (χ3n) is 2.81. The molecule has 0 aromatic heterocycles. The van der Waals surface area contributed by atoms with Crippen LogP contribution in [0.1, 0.15) is 64.2 Å². The van der Waals surface area contributed by atoms with Crippen LogP contribution in [0.15, 0.2) is 24.3 Å². The lowest BCUT2D eigenvalue weighted by atomic mass is 10.1. The highest BCUT2D eigenvalue weighted by Crippen LogP contribution is 2.09. The fraction of sp³-hybridized carbons (Fsp3) is 0.625. The molecule has 0 radical (unpaired) electrons. The summed E-state index contributed by atoms with van der Waals surface area (Å²) in [5.74, 6) is 0. The molecule has 0 unspecified atom stereocenters. The predicted octanol–water partition coefficient (Wildman–Crippen LogP) is 4.40. The highest BCUT2D eigenvalue weighted by molar-refractivity contribution is 5.52. The molecule has 102 valence electrons. The SMILES string of the molecule is O=CCC=CC=CCCCCCCCCCC=O. The molecule has 2 heteroatoms. The van der Waals surface area contributed by atoms with Crippen molar-refractivity contribution in [1.82, 2.24) is 0 Å². The van der Waals surface area contributed by atoms with Gasteiger partial charge in [0.15, 0.2) is 0 Å². The number of hydrogen-bond acceptors (Lipinski definition) is 2. The Kier molecular flexibility index (Phi) is 14.8. The van der Waals surface area contributed by atoms with Crippen molar-refractivity contribution in [3.05, 3.63) is 24.3 Å².